The lowest BCUT2D eigenvalue weighted by Gasteiger charge is -2.41. The fourth-order valence-corrected chi connectivity index (χ4v) is 5.33. The van der Waals surface area contributed by atoms with Crippen LogP contribution in [0.3, 0.4) is 0 Å². The summed E-state index contributed by atoms with van der Waals surface area (Å²) in [4.78, 5) is 9.51. The Balaban J connectivity index is 1.86. The summed E-state index contributed by atoms with van der Waals surface area (Å²) < 4.78 is 0. The van der Waals surface area contributed by atoms with Gasteiger partial charge in [0.1, 0.15) is 12.3 Å². The van der Waals surface area contributed by atoms with Crippen molar-refractivity contribution in [3.05, 3.63) is 36.2 Å². The van der Waals surface area contributed by atoms with E-state index in [1.54, 1.807) is 0 Å². The third-order valence-corrected chi connectivity index (χ3v) is 5.98. The Morgan fingerprint density at radius 1 is 0.769 bits per heavy atom. The van der Waals surface area contributed by atoms with Crippen molar-refractivity contribution in [1.29, 1.82) is 0 Å². The first-order valence-corrected chi connectivity index (χ1v) is 9.64. The first-order chi connectivity index (χ1) is 11.9. The van der Waals surface area contributed by atoms with Crippen LogP contribution >= 0.6 is 0 Å². The van der Waals surface area contributed by atoms with Crippen LogP contribution in [0.2, 0.25) is 0 Å². The normalized spacial score (nSPS) is 21.2. The molecule has 1 unspecified atom stereocenters. The Morgan fingerprint density at radius 2 is 1.31 bits per heavy atom. The zero-order chi connectivity index (χ0) is 19.4. The van der Waals surface area contributed by atoms with Gasteiger partial charge in [0.05, 0.1) is 11.4 Å². The number of rotatable bonds is 3. The molecule has 4 heteroatoms. The van der Waals surface area contributed by atoms with E-state index in [1.165, 1.54) is 16.9 Å². The zero-order valence-corrected chi connectivity index (χ0v) is 18.0. The van der Waals surface area contributed by atoms with E-state index in [0.29, 0.717) is 12.3 Å². The molecule has 0 aromatic heterocycles. The van der Waals surface area contributed by atoms with Gasteiger partial charge in [0, 0.05) is 51.4 Å². The smallest absolute Gasteiger partial charge is 0.106 e. The van der Waals surface area contributed by atoms with Crippen molar-refractivity contribution >= 4 is 11.4 Å². The van der Waals surface area contributed by atoms with Gasteiger partial charge in [0.2, 0.25) is 0 Å². The minimum Gasteiger partial charge on any atom is -0.359 e. The number of anilines is 2. The van der Waals surface area contributed by atoms with Gasteiger partial charge in [-0.3, -0.25) is 0 Å². The predicted octanol–water partition coefficient (Wildman–Crippen LogP) is 4.19. The lowest BCUT2D eigenvalue weighted by atomic mass is 9.81. The maximum atomic E-state index is 2.45. The predicted molar refractivity (Wildman–Crippen MR) is 112 cm³/mol. The van der Waals surface area contributed by atoms with E-state index in [0.717, 1.165) is 6.42 Å². The molecule has 2 aliphatic rings. The van der Waals surface area contributed by atoms with Gasteiger partial charge in [-0.2, -0.15) is 0 Å². The van der Waals surface area contributed by atoms with Crippen molar-refractivity contribution in [1.82, 2.24) is 9.80 Å². The van der Waals surface area contributed by atoms with Crippen molar-refractivity contribution in [2.45, 2.75) is 53.4 Å². The van der Waals surface area contributed by atoms with E-state index in [2.05, 4.69) is 113 Å². The monoisotopic (exact) mass is 356 g/mol. The second kappa shape index (κ2) is 6.11. The highest BCUT2D eigenvalue weighted by Gasteiger charge is 2.40. The summed E-state index contributed by atoms with van der Waals surface area (Å²) in [5, 5.41) is 0. The molecular formula is C22H36N4. The molecular weight excluding hydrogens is 320 g/mol. The minimum absolute atomic E-state index is 0.147. The van der Waals surface area contributed by atoms with Gasteiger partial charge < -0.3 is 19.6 Å². The third-order valence-electron chi connectivity index (χ3n) is 5.98. The Morgan fingerprint density at radius 3 is 1.85 bits per heavy atom. The van der Waals surface area contributed by atoms with Crippen molar-refractivity contribution in [2.24, 2.45) is 10.8 Å². The van der Waals surface area contributed by atoms with Crippen LogP contribution in [0.4, 0.5) is 11.4 Å². The van der Waals surface area contributed by atoms with Crippen LogP contribution in [0.25, 0.3) is 0 Å². The molecule has 0 spiro atoms. The second-order valence-electron chi connectivity index (χ2n) is 9.95. The van der Waals surface area contributed by atoms with Gasteiger partial charge in [-0.1, -0.05) is 40.7 Å². The van der Waals surface area contributed by atoms with Crippen molar-refractivity contribution < 1.29 is 0 Å². The Hall–Kier alpha value is -1.84. The zero-order valence-electron chi connectivity index (χ0n) is 18.0. The van der Waals surface area contributed by atoms with Gasteiger partial charge in [0.15, 0.2) is 0 Å². The standard InChI is InChI=1S/C22H36N4/c1-21(2,3)19-25(8)17-11-10-16(14-18(17)26(19)9)15-22(4,5)20-23(6)12-13-24(20)7/h10-14,19-20H,15H2,1-9H3. The lowest BCUT2D eigenvalue weighted by molar-refractivity contribution is 0.0684. The SMILES string of the molecule is CN1C=CN(C)C1C(C)(C)Cc1ccc2c(c1)N(C)C(C(C)(C)C)N2C. The highest BCUT2D eigenvalue weighted by molar-refractivity contribution is 5.78. The molecule has 26 heavy (non-hydrogen) atoms. The number of hydrogen-bond acceptors (Lipinski definition) is 4. The molecule has 1 atom stereocenters. The Kier molecular flexibility index (Phi) is 4.45. The summed E-state index contributed by atoms with van der Waals surface area (Å²) >= 11 is 0. The second-order valence-corrected chi connectivity index (χ2v) is 9.95. The Labute approximate surface area is 160 Å². The largest absolute Gasteiger partial charge is 0.359 e. The van der Waals surface area contributed by atoms with Gasteiger partial charge in [-0.15, -0.1) is 0 Å². The van der Waals surface area contributed by atoms with Gasteiger partial charge in [0.25, 0.3) is 0 Å². The number of fused-ring (bicyclic) bond motifs is 1. The van der Waals surface area contributed by atoms with Crippen LogP contribution in [0.1, 0.15) is 40.2 Å². The molecule has 0 aliphatic carbocycles. The molecule has 0 bridgehead atoms. The van der Waals surface area contributed by atoms with Crippen LogP contribution < -0.4 is 9.80 Å². The summed E-state index contributed by atoms with van der Waals surface area (Å²) in [5.41, 5.74) is 4.45. The van der Waals surface area contributed by atoms with Crippen LogP contribution in [0.15, 0.2) is 30.6 Å². The van der Waals surface area contributed by atoms with E-state index < -0.39 is 0 Å². The molecule has 4 nitrogen and oxygen atoms in total. The van der Waals surface area contributed by atoms with Crippen molar-refractivity contribution in [3.63, 3.8) is 0 Å². The van der Waals surface area contributed by atoms with Gasteiger partial charge in [-0.05, 0) is 24.1 Å². The van der Waals surface area contributed by atoms with Gasteiger partial charge >= 0.3 is 0 Å². The summed E-state index contributed by atoms with van der Waals surface area (Å²) in [7, 11) is 8.79. The van der Waals surface area contributed by atoms with E-state index in [-0.39, 0.29) is 10.8 Å². The molecule has 144 valence electrons. The van der Waals surface area contributed by atoms with Crippen LogP contribution in [0, 0.1) is 10.8 Å². The lowest BCUT2D eigenvalue weighted by Crippen LogP contribution is -2.48. The maximum absolute atomic E-state index is 2.45. The van der Waals surface area contributed by atoms with Crippen LogP contribution in [-0.4, -0.2) is 50.3 Å². The van der Waals surface area contributed by atoms with Crippen LogP contribution in [-0.2, 0) is 6.42 Å². The quantitative estimate of drug-likeness (QED) is 0.805. The van der Waals surface area contributed by atoms with Crippen molar-refractivity contribution in [3.8, 4) is 0 Å². The topological polar surface area (TPSA) is 13.0 Å². The van der Waals surface area contributed by atoms with Crippen LogP contribution in [0.5, 0.6) is 0 Å². The number of benzene rings is 1. The molecule has 1 aromatic carbocycles. The molecule has 3 rings (SSSR count). The molecule has 2 heterocycles. The molecule has 0 fully saturated rings. The fraction of sp³-hybridized carbons (Fsp3) is 0.636. The highest BCUT2D eigenvalue weighted by atomic mass is 15.4. The third kappa shape index (κ3) is 3.04. The molecule has 0 radical (unpaired) electrons. The average molecular weight is 357 g/mol. The molecule has 0 saturated heterocycles. The first kappa shape index (κ1) is 18.9. The fourth-order valence-electron chi connectivity index (χ4n) is 5.33. The molecule has 0 amide bonds. The van der Waals surface area contributed by atoms with Crippen molar-refractivity contribution in [2.75, 3.05) is 38.0 Å². The van der Waals surface area contributed by atoms with E-state index >= 15 is 0 Å². The summed E-state index contributed by atoms with van der Waals surface area (Å²) in [6.07, 6.45) is 6.17. The molecule has 2 aliphatic heterocycles. The number of hydrogen-bond donors (Lipinski definition) is 0. The summed E-state index contributed by atoms with van der Waals surface area (Å²) in [5.74, 6) is 0. The molecule has 0 N–H and O–H groups in total. The first-order valence-electron chi connectivity index (χ1n) is 9.64. The number of nitrogens with zero attached hydrogens (tertiary/aromatic N) is 4. The molecule has 0 saturated carbocycles. The maximum Gasteiger partial charge on any atom is 0.106 e. The molecule has 1 aromatic rings. The van der Waals surface area contributed by atoms with E-state index in [1.807, 2.05) is 0 Å². The van der Waals surface area contributed by atoms with E-state index in [9.17, 15) is 0 Å². The minimum atomic E-state index is 0.147. The average Bonchev–Trinajstić information content (AvgIpc) is 2.96. The Bertz CT molecular complexity index is 689. The highest BCUT2D eigenvalue weighted by Crippen LogP contribution is 2.44. The van der Waals surface area contributed by atoms with Gasteiger partial charge in [-0.25, -0.2) is 0 Å². The van der Waals surface area contributed by atoms with E-state index in [4.69, 9.17) is 0 Å². The summed E-state index contributed by atoms with van der Waals surface area (Å²) in [6.45, 7) is 11.7. The summed E-state index contributed by atoms with van der Waals surface area (Å²) in [6, 6.07) is 7.03.